The summed E-state index contributed by atoms with van der Waals surface area (Å²) >= 11 is 1.74. The maximum absolute atomic E-state index is 12.9. The first-order valence-electron chi connectivity index (χ1n) is 11.6. The molecule has 4 rings (SSSR count). The van der Waals surface area contributed by atoms with Gasteiger partial charge in [-0.2, -0.15) is 13.2 Å². The third-order valence-corrected chi connectivity index (χ3v) is 7.84. The van der Waals surface area contributed by atoms with Crippen LogP contribution in [0.2, 0.25) is 0 Å². The number of carbonyl (C=O) groups excluding carboxylic acids is 1. The summed E-state index contributed by atoms with van der Waals surface area (Å²) < 4.78 is 38.3. The summed E-state index contributed by atoms with van der Waals surface area (Å²) in [6, 6.07) is 6.89. The molecule has 2 aliphatic rings. The van der Waals surface area contributed by atoms with Gasteiger partial charge >= 0.3 is 6.18 Å². The third kappa shape index (κ3) is 6.06. The number of likely N-dealkylation sites (tertiary alicyclic amines) is 1. The third-order valence-electron chi connectivity index (χ3n) is 6.87. The van der Waals surface area contributed by atoms with E-state index >= 15 is 0 Å². The fourth-order valence-electron chi connectivity index (χ4n) is 4.68. The lowest BCUT2D eigenvalue weighted by molar-refractivity contribution is -0.137. The molecule has 0 radical (unpaired) electrons. The molecule has 1 atom stereocenters. The summed E-state index contributed by atoms with van der Waals surface area (Å²) in [4.78, 5) is 22.6. The van der Waals surface area contributed by atoms with Crippen LogP contribution in [0.15, 0.2) is 35.8 Å². The number of amides is 1. The average Bonchev–Trinajstić information content (AvgIpc) is 3.34. The van der Waals surface area contributed by atoms with Crippen molar-refractivity contribution in [1.82, 2.24) is 15.2 Å². The Balaban J connectivity index is 1.29. The Labute approximate surface area is 197 Å². The van der Waals surface area contributed by atoms with Crippen molar-refractivity contribution in [2.24, 2.45) is 11.8 Å². The van der Waals surface area contributed by atoms with Crippen LogP contribution in [-0.4, -0.2) is 48.5 Å². The number of nitrogens with zero attached hydrogens (tertiary/aromatic N) is 3. The van der Waals surface area contributed by atoms with Crippen LogP contribution in [0.3, 0.4) is 0 Å². The molecule has 180 valence electrons. The molecule has 2 aromatic heterocycles. The Morgan fingerprint density at radius 3 is 2.45 bits per heavy atom. The topological polar surface area (TPSA) is 48.5 Å². The summed E-state index contributed by atoms with van der Waals surface area (Å²) in [5.41, 5.74) is -0.746. The van der Waals surface area contributed by atoms with Gasteiger partial charge in [-0.15, -0.1) is 11.3 Å². The van der Waals surface area contributed by atoms with Gasteiger partial charge in [0.1, 0.15) is 5.82 Å². The summed E-state index contributed by atoms with van der Waals surface area (Å²) in [5, 5.41) is 5.28. The maximum atomic E-state index is 12.9. The molecule has 9 heteroatoms. The van der Waals surface area contributed by atoms with E-state index in [0.717, 1.165) is 31.3 Å². The van der Waals surface area contributed by atoms with Gasteiger partial charge in [-0.3, -0.25) is 9.69 Å². The number of alkyl halides is 3. The molecule has 0 unspecified atom stereocenters. The van der Waals surface area contributed by atoms with Crippen molar-refractivity contribution >= 4 is 23.1 Å². The summed E-state index contributed by atoms with van der Waals surface area (Å²) in [5.74, 6) is 1.27. The lowest BCUT2D eigenvalue weighted by atomic mass is 9.95. The van der Waals surface area contributed by atoms with E-state index in [2.05, 4.69) is 39.6 Å². The van der Waals surface area contributed by atoms with Gasteiger partial charge in [-0.1, -0.05) is 13.0 Å². The average molecular weight is 481 g/mol. The molecule has 2 aliphatic heterocycles. The lowest BCUT2D eigenvalue weighted by Crippen LogP contribution is -2.45. The molecule has 2 saturated heterocycles. The van der Waals surface area contributed by atoms with Crippen molar-refractivity contribution in [2.75, 3.05) is 37.6 Å². The zero-order valence-corrected chi connectivity index (χ0v) is 19.7. The Morgan fingerprint density at radius 1 is 1.15 bits per heavy atom. The van der Waals surface area contributed by atoms with E-state index in [1.807, 2.05) is 4.90 Å². The number of thiophene rings is 1. The Morgan fingerprint density at radius 2 is 1.88 bits per heavy atom. The highest BCUT2D eigenvalue weighted by Crippen LogP contribution is 2.31. The molecule has 4 heterocycles. The molecule has 33 heavy (non-hydrogen) atoms. The molecule has 0 aliphatic carbocycles. The fourth-order valence-corrected chi connectivity index (χ4v) is 5.54. The number of carbonyl (C=O) groups is 1. The van der Waals surface area contributed by atoms with Crippen LogP contribution in [0.1, 0.15) is 49.1 Å². The zero-order valence-electron chi connectivity index (χ0n) is 18.9. The van der Waals surface area contributed by atoms with Crippen molar-refractivity contribution in [1.29, 1.82) is 0 Å². The predicted molar refractivity (Wildman–Crippen MR) is 124 cm³/mol. The number of rotatable bonds is 6. The van der Waals surface area contributed by atoms with Crippen molar-refractivity contribution in [3.05, 3.63) is 46.3 Å². The SMILES string of the molecule is CC1CCN([C@H](CNC(=O)C2CCN(c3ccc(C(F)(F)F)cn3)CC2)c2cccs2)CC1. The molecule has 0 bridgehead atoms. The minimum atomic E-state index is -4.38. The second kappa shape index (κ2) is 10.4. The maximum Gasteiger partial charge on any atom is 0.417 e. The molecular weight excluding hydrogens is 449 g/mol. The monoisotopic (exact) mass is 480 g/mol. The van der Waals surface area contributed by atoms with Gasteiger partial charge in [0.15, 0.2) is 0 Å². The molecule has 2 aromatic rings. The number of hydrogen-bond donors (Lipinski definition) is 1. The van der Waals surface area contributed by atoms with Gasteiger partial charge in [-0.05, 0) is 68.3 Å². The van der Waals surface area contributed by atoms with Crippen LogP contribution >= 0.6 is 11.3 Å². The van der Waals surface area contributed by atoms with Crippen molar-refractivity contribution < 1.29 is 18.0 Å². The first kappa shape index (κ1) is 24.0. The second-order valence-electron chi connectivity index (χ2n) is 9.16. The quantitative estimate of drug-likeness (QED) is 0.635. The van der Waals surface area contributed by atoms with E-state index in [-0.39, 0.29) is 17.9 Å². The molecule has 0 aromatic carbocycles. The standard InChI is InChI=1S/C24H31F3N4OS/c1-17-6-10-30(11-7-17)20(21-3-2-14-33-21)16-29-23(32)18-8-12-31(13-9-18)22-5-4-19(15-28-22)24(25,26)27/h2-5,14-15,17-18,20H,6-13,16H2,1H3,(H,29,32)/t20-/m1/s1. The Bertz CT molecular complexity index is 887. The number of piperidine rings is 2. The fraction of sp³-hybridized carbons (Fsp3) is 0.583. The van der Waals surface area contributed by atoms with E-state index in [9.17, 15) is 18.0 Å². The number of hydrogen-bond acceptors (Lipinski definition) is 5. The number of aromatic nitrogens is 1. The van der Waals surface area contributed by atoms with E-state index in [1.54, 1.807) is 11.3 Å². The highest BCUT2D eigenvalue weighted by atomic mass is 32.1. The van der Waals surface area contributed by atoms with Crippen LogP contribution in [0.25, 0.3) is 0 Å². The smallest absolute Gasteiger partial charge is 0.357 e. The van der Waals surface area contributed by atoms with Gasteiger partial charge < -0.3 is 10.2 Å². The number of nitrogens with one attached hydrogen (secondary N) is 1. The highest BCUT2D eigenvalue weighted by Gasteiger charge is 2.32. The number of pyridine rings is 1. The van der Waals surface area contributed by atoms with Crippen molar-refractivity contribution in [2.45, 2.75) is 44.8 Å². The van der Waals surface area contributed by atoms with E-state index in [1.165, 1.54) is 23.8 Å². The summed E-state index contributed by atoms with van der Waals surface area (Å²) in [6.45, 7) is 6.22. The number of anilines is 1. The molecule has 2 fully saturated rings. The largest absolute Gasteiger partial charge is 0.417 e. The summed E-state index contributed by atoms with van der Waals surface area (Å²) in [7, 11) is 0. The minimum absolute atomic E-state index is 0.0713. The molecule has 0 saturated carbocycles. The first-order chi connectivity index (χ1) is 15.8. The van der Waals surface area contributed by atoms with Crippen LogP contribution < -0.4 is 10.2 Å². The van der Waals surface area contributed by atoms with Gasteiger partial charge in [0.05, 0.1) is 11.6 Å². The van der Waals surface area contributed by atoms with E-state index in [0.29, 0.717) is 38.3 Å². The van der Waals surface area contributed by atoms with Gasteiger partial charge in [-0.25, -0.2) is 4.98 Å². The normalized spacial score (nSPS) is 20.1. The Kier molecular flexibility index (Phi) is 7.58. The Hall–Kier alpha value is -2.13. The highest BCUT2D eigenvalue weighted by molar-refractivity contribution is 7.10. The van der Waals surface area contributed by atoms with Gasteiger partial charge in [0, 0.05) is 36.6 Å². The van der Waals surface area contributed by atoms with Crippen molar-refractivity contribution in [3.8, 4) is 0 Å². The van der Waals surface area contributed by atoms with Crippen LogP contribution in [0.4, 0.5) is 19.0 Å². The zero-order chi connectivity index (χ0) is 23.4. The predicted octanol–water partition coefficient (Wildman–Crippen LogP) is 4.97. The van der Waals surface area contributed by atoms with Crippen molar-refractivity contribution in [3.63, 3.8) is 0 Å². The van der Waals surface area contributed by atoms with Gasteiger partial charge in [0.2, 0.25) is 5.91 Å². The minimum Gasteiger partial charge on any atom is -0.357 e. The van der Waals surface area contributed by atoms with Crippen LogP contribution in [0.5, 0.6) is 0 Å². The van der Waals surface area contributed by atoms with E-state index < -0.39 is 11.7 Å². The summed E-state index contributed by atoms with van der Waals surface area (Å²) in [6.07, 6.45) is 0.196. The van der Waals surface area contributed by atoms with E-state index in [4.69, 9.17) is 0 Å². The molecule has 0 spiro atoms. The molecule has 5 nitrogen and oxygen atoms in total. The lowest BCUT2D eigenvalue weighted by Gasteiger charge is -2.37. The first-order valence-corrected chi connectivity index (χ1v) is 12.5. The van der Waals surface area contributed by atoms with Crippen LogP contribution in [-0.2, 0) is 11.0 Å². The number of halogens is 3. The molecule has 1 N–H and O–H groups in total. The van der Waals surface area contributed by atoms with Crippen LogP contribution in [0, 0.1) is 11.8 Å². The second-order valence-corrected chi connectivity index (χ2v) is 10.1. The molecular formula is C24H31F3N4OS. The molecule has 1 amide bonds. The van der Waals surface area contributed by atoms with Gasteiger partial charge in [0.25, 0.3) is 0 Å².